The van der Waals surface area contributed by atoms with E-state index < -0.39 is 0 Å². The molecule has 7 nitrogen and oxygen atoms in total. The molecule has 0 saturated heterocycles. The Morgan fingerprint density at radius 2 is 2.00 bits per heavy atom. The third-order valence-electron chi connectivity index (χ3n) is 5.09. The third kappa shape index (κ3) is 3.88. The van der Waals surface area contributed by atoms with Crippen molar-refractivity contribution in [3.63, 3.8) is 0 Å². The highest BCUT2D eigenvalue weighted by molar-refractivity contribution is 5.96. The van der Waals surface area contributed by atoms with E-state index in [1.807, 2.05) is 23.9 Å². The van der Waals surface area contributed by atoms with Gasteiger partial charge in [0.2, 0.25) is 5.91 Å². The molecule has 1 aliphatic heterocycles. The fraction of sp³-hybridized carbons (Fsp3) is 0.450. The Kier molecular flexibility index (Phi) is 4.70. The van der Waals surface area contributed by atoms with E-state index in [1.54, 1.807) is 24.3 Å². The van der Waals surface area contributed by atoms with Crippen molar-refractivity contribution in [1.29, 1.82) is 0 Å². The second-order valence-electron chi connectivity index (χ2n) is 7.68. The Morgan fingerprint density at radius 3 is 2.67 bits per heavy atom. The van der Waals surface area contributed by atoms with Crippen LogP contribution in [0.2, 0.25) is 0 Å². The molecule has 0 radical (unpaired) electrons. The summed E-state index contributed by atoms with van der Waals surface area (Å²) >= 11 is 0. The normalized spacial score (nSPS) is 16.3. The van der Waals surface area contributed by atoms with Crippen LogP contribution in [0.15, 0.2) is 24.3 Å². The van der Waals surface area contributed by atoms with Crippen molar-refractivity contribution in [2.24, 2.45) is 0 Å². The SMILES string of the molecule is CN(C)CC(=O)Nc1ccc(C(=O)N2CCc3[nH]nc(C4CC4)c3C2)cc1. The highest BCUT2D eigenvalue weighted by Crippen LogP contribution is 2.42. The molecular formula is C20H25N5O2. The van der Waals surface area contributed by atoms with Crippen LogP contribution in [0.1, 0.15) is 46.1 Å². The first-order chi connectivity index (χ1) is 13.0. The van der Waals surface area contributed by atoms with Crippen molar-refractivity contribution >= 4 is 17.5 Å². The van der Waals surface area contributed by atoms with Gasteiger partial charge >= 0.3 is 0 Å². The topological polar surface area (TPSA) is 81.3 Å². The molecule has 2 N–H and O–H groups in total. The number of aromatic amines is 1. The number of likely N-dealkylation sites (N-methyl/N-ethyl adjacent to an activating group) is 1. The zero-order valence-electron chi connectivity index (χ0n) is 15.8. The van der Waals surface area contributed by atoms with E-state index in [9.17, 15) is 9.59 Å². The van der Waals surface area contributed by atoms with Crippen LogP contribution in [0.5, 0.6) is 0 Å². The molecule has 2 heterocycles. The molecule has 0 bridgehead atoms. The molecule has 2 aromatic rings. The van der Waals surface area contributed by atoms with Crippen LogP contribution in [-0.2, 0) is 17.8 Å². The second-order valence-corrected chi connectivity index (χ2v) is 7.68. The zero-order valence-corrected chi connectivity index (χ0v) is 15.8. The van der Waals surface area contributed by atoms with Crippen LogP contribution >= 0.6 is 0 Å². The maximum Gasteiger partial charge on any atom is 0.254 e. The molecule has 4 rings (SSSR count). The smallest absolute Gasteiger partial charge is 0.254 e. The lowest BCUT2D eigenvalue weighted by Crippen LogP contribution is -2.36. The zero-order chi connectivity index (χ0) is 19.0. The van der Waals surface area contributed by atoms with E-state index in [1.165, 1.54) is 24.1 Å². The van der Waals surface area contributed by atoms with Crippen molar-refractivity contribution in [3.05, 3.63) is 46.8 Å². The number of anilines is 1. The van der Waals surface area contributed by atoms with Crippen molar-refractivity contribution in [2.45, 2.75) is 31.7 Å². The number of fused-ring (bicyclic) bond motifs is 1. The predicted octanol–water partition coefficient (Wildman–Crippen LogP) is 1.99. The first-order valence-electron chi connectivity index (χ1n) is 9.41. The number of hydrogen-bond acceptors (Lipinski definition) is 4. The van der Waals surface area contributed by atoms with Crippen LogP contribution in [0.3, 0.4) is 0 Å². The van der Waals surface area contributed by atoms with Gasteiger partial charge in [0.25, 0.3) is 5.91 Å². The average molecular weight is 367 g/mol. The van der Waals surface area contributed by atoms with Gasteiger partial charge in [-0.25, -0.2) is 0 Å². The molecule has 1 fully saturated rings. The highest BCUT2D eigenvalue weighted by atomic mass is 16.2. The lowest BCUT2D eigenvalue weighted by Gasteiger charge is -2.27. The number of hydrogen-bond donors (Lipinski definition) is 2. The van der Waals surface area contributed by atoms with E-state index in [0.29, 0.717) is 36.8 Å². The monoisotopic (exact) mass is 367 g/mol. The van der Waals surface area contributed by atoms with Crippen molar-refractivity contribution in [3.8, 4) is 0 Å². The van der Waals surface area contributed by atoms with Gasteiger partial charge in [-0.3, -0.25) is 14.7 Å². The maximum atomic E-state index is 12.9. The van der Waals surface area contributed by atoms with Gasteiger partial charge in [0.15, 0.2) is 0 Å². The standard InChI is InChI=1S/C20H25N5O2/c1-24(2)12-18(26)21-15-7-5-14(6-8-15)20(27)25-10-9-17-16(11-25)19(23-22-17)13-3-4-13/h5-8,13H,3-4,9-12H2,1-2H3,(H,21,26)(H,22,23). The number of H-pyrrole nitrogens is 1. The van der Waals surface area contributed by atoms with E-state index in [2.05, 4.69) is 15.5 Å². The summed E-state index contributed by atoms with van der Waals surface area (Å²) in [7, 11) is 3.69. The molecule has 0 spiro atoms. The maximum absolute atomic E-state index is 12.9. The van der Waals surface area contributed by atoms with Crippen LogP contribution < -0.4 is 5.32 Å². The van der Waals surface area contributed by atoms with E-state index in [-0.39, 0.29) is 11.8 Å². The number of nitrogens with zero attached hydrogens (tertiary/aromatic N) is 3. The van der Waals surface area contributed by atoms with Gasteiger partial charge in [0.05, 0.1) is 12.2 Å². The molecule has 7 heteroatoms. The Balaban J connectivity index is 1.42. The molecule has 0 atom stereocenters. The van der Waals surface area contributed by atoms with Gasteiger partial charge in [0.1, 0.15) is 0 Å². The van der Waals surface area contributed by atoms with Crippen molar-refractivity contribution in [1.82, 2.24) is 20.0 Å². The van der Waals surface area contributed by atoms with Gasteiger partial charge in [0, 0.05) is 47.9 Å². The summed E-state index contributed by atoms with van der Waals surface area (Å²) in [5, 5.41) is 10.5. The first kappa shape index (κ1) is 17.7. The minimum atomic E-state index is -0.0739. The second kappa shape index (κ2) is 7.15. The molecule has 2 amide bonds. The van der Waals surface area contributed by atoms with Crippen LogP contribution in [0, 0.1) is 0 Å². The Hall–Kier alpha value is -2.67. The quantitative estimate of drug-likeness (QED) is 0.847. The lowest BCUT2D eigenvalue weighted by atomic mass is 10.0. The Labute approximate surface area is 158 Å². The van der Waals surface area contributed by atoms with Crippen LogP contribution in [0.4, 0.5) is 5.69 Å². The number of carbonyl (C=O) groups excluding carboxylic acids is 2. The number of rotatable bonds is 5. The summed E-state index contributed by atoms with van der Waals surface area (Å²) in [6.07, 6.45) is 3.22. The summed E-state index contributed by atoms with van der Waals surface area (Å²) < 4.78 is 0. The molecule has 1 aliphatic carbocycles. The number of benzene rings is 1. The Bertz CT molecular complexity index is 852. The fourth-order valence-corrected chi connectivity index (χ4v) is 3.55. The summed E-state index contributed by atoms with van der Waals surface area (Å²) in [6.45, 7) is 1.64. The molecule has 142 valence electrons. The van der Waals surface area contributed by atoms with Gasteiger partial charge in [-0.05, 0) is 51.2 Å². The van der Waals surface area contributed by atoms with Crippen LogP contribution in [0.25, 0.3) is 0 Å². The van der Waals surface area contributed by atoms with Gasteiger partial charge in [-0.1, -0.05) is 0 Å². The molecular weight excluding hydrogens is 342 g/mol. The summed E-state index contributed by atoms with van der Waals surface area (Å²) in [5.41, 5.74) is 4.89. The Morgan fingerprint density at radius 1 is 1.26 bits per heavy atom. The minimum Gasteiger partial charge on any atom is -0.334 e. The molecule has 0 unspecified atom stereocenters. The first-order valence-corrected chi connectivity index (χ1v) is 9.41. The summed E-state index contributed by atoms with van der Waals surface area (Å²) in [4.78, 5) is 28.4. The lowest BCUT2D eigenvalue weighted by molar-refractivity contribution is -0.116. The predicted molar refractivity (Wildman–Crippen MR) is 103 cm³/mol. The van der Waals surface area contributed by atoms with Crippen molar-refractivity contribution < 1.29 is 9.59 Å². The number of nitrogens with one attached hydrogen (secondary N) is 2. The van der Waals surface area contributed by atoms with Gasteiger partial charge in [-0.15, -0.1) is 0 Å². The largest absolute Gasteiger partial charge is 0.334 e. The van der Waals surface area contributed by atoms with Crippen LogP contribution in [-0.4, -0.2) is 59.0 Å². The van der Waals surface area contributed by atoms with Gasteiger partial charge in [-0.2, -0.15) is 5.10 Å². The van der Waals surface area contributed by atoms with E-state index in [4.69, 9.17) is 0 Å². The minimum absolute atomic E-state index is 0.0229. The molecule has 1 aromatic carbocycles. The molecule has 1 aromatic heterocycles. The van der Waals surface area contributed by atoms with E-state index >= 15 is 0 Å². The molecule has 1 saturated carbocycles. The van der Waals surface area contributed by atoms with E-state index in [0.717, 1.165) is 12.1 Å². The number of carbonyl (C=O) groups is 2. The number of amides is 2. The molecule has 27 heavy (non-hydrogen) atoms. The summed E-state index contributed by atoms with van der Waals surface area (Å²) in [6, 6.07) is 7.12. The third-order valence-corrected chi connectivity index (χ3v) is 5.09. The summed E-state index contributed by atoms with van der Waals surface area (Å²) in [5.74, 6) is 0.523. The van der Waals surface area contributed by atoms with Crippen molar-refractivity contribution in [2.75, 3.05) is 32.5 Å². The average Bonchev–Trinajstić information content (AvgIpc) is 3.40. The number of aromatic nitrogens is 2. The fourth-order valence-electron chi connectivity index (χ4n) is 3.55. The highest BCUT2D eigenvalue weighted by Gasteiger charge is 2.33. The van der Waals surface area contributed by atoms with Gasteiger partial charge < -0.3 is 15.1 Å². The molecule has 2 aliphatic rings.